The number of hydrogen-bond donors (Lipinski definition) is 0. The van der Waals surface area contributed by atoms with Crippen LogP contribution in [0.3, 0.4) is 0 Å². The van der Waals surface area contributed by atoms with E-state index < -0.39 is 0 Å². The van der Waals surface area contributed by atoms with Crippen molar-refractivity contribution in [3.63, 3.8) is 0 Å². The van der Waals surface area contributed by atoms with Gasteiger partial charge in [-0.3, -0.25) is 0 Å². The number of benzene rings is 2. The Morgan fingerprint density at radius 3 is 2.39 bits per heavy atom. The molecule has 0 spiro atoms. The smallest absolute Gasteiger partial charge is 0.123 e. The topological polar surface area (TPSA) is 18.5 Å². The van der Waals surface area contributed by atoms with Crippen molar-refractivity contribution in [1.29, 1.82) is 0 Å². The highest BCUT2D eigenvalue weighted by Gasteiger charge is 2.03. The number of halogens is 2. The molecule has 0 fully saturated rings. The second-order valence-corrected chi connectivity index (χ2v) is 4.55. The van der Waals surface area contributed by atoms with Gasteiger partial charge in [0, 0.05) is 10.0 Å². The van der Waals surface area contributed by atoms with Crippen LogP contribution < -0.4 is 9.47 Å². The van der Waals surface area contributed by atoms with Gasteiger partial charge < -0.3 is 9.47 Å². The van der Waals surface area contributed by atoms with Crippen LogP contribution in [0.4, 0.5) is 4.39 Å². The summed E-state index contributed by atoms with van der Waals surface area (Å²) in [7, 11) is 1.61. The van der Waals surface area contributed by atoms with Gasteiger partial charge in [-0.25, -0.2) is 4.39 Å². The molecule has 0 atom stereocenters. The van der Waals surface area contributed by atoms with Gasteiger partial charge in [-0.15, -0.1) is 0 Å². The molecular formula is C14H12BrFO2. The lowest BCUT2D eigenvalue weighted by atomic mass is 10.2. The largest absolute Gasteiger partial charge is 0.497 e. The van der Waals surface area contributed by atoms with E-state index in [1.54, 1.807) is 13.2 Å². The van der Waals surface area contributed by atoms with Crippen LogP contribution in [-0.4, -0.2) is 7.11 Å². The maximum Gasteiger partial charge on any atom is 0.123 e. The van der Waals surface area contributed by atoms with Crippen LogP contribution in [-0.2, 0) is 6.61 Å². The van der Waals surface area contributed by atoms with Gasteiger partial charge in [0.2, 0.25) is 0 Å². The molecule has 0 heterocycles. The van der Waals surface area contributed by atoms with Crippen molar-refractivity contribution >= 4 is 15.9 Å². The van der Waals surface area contributed by atoms with Gasteiger partial charge in [-0.2, -0.15) is 0 Å². The van der Waals surface area contributed by atoms with E-state index in [-0.39, 0.29) is 5.82 Å². The highest BCUT2D eigenvalue weighted by atomic mass is 79.9. The first-order valence-electron chi connectivity index (χ1n) is 5.40. The van der Waals surface area contributed by atoms with Crippen molar-refractivity contribution in [2.45, 2.75) is 6.61 Å². The summed E-state index contributed by atoms with van der Waals surface area (Å²) in [5.74, 6) is 1.22. The van der Waals surface area contributed by atoms with Crippen molar-refractivity contribution in [2.24, 2.45) is 0 Å². The van der Waals surface area contributed by atoms with Crippen molar-refractivity contribution < 1.29 is 13.9 Å². The fraction of sp³-hybridized carbons (Fsp3) is 0.143. The van der Waals surface area contributed by atoms with E-state index in [1.807, 2.05) is 24.3 Å². The molecule has 0 aliphatic heterocycles. The Hall–Kier alpha value is -1.55. The summed E-state index contributed by atoms with van der Waals surface area (Å²) >= 11 is 3.36. The molecule has 2 rings (SSSR count). The lowest BCUT2D eigenvalue weighted by Gasteiger charge is -2.08. The number of ether oxygens (including phenoxy) is 2. The molecule has 2 aromatic carbocycles. The molecule has 0 amide bonds. The Morgan fingerprint density at radius 2 is 1.72 bits per heavy atom. The normalized spacial score (nSPS) is 10.2. The summed E-state index contributed by atoms with van der Waals surface area (Å²) in [5.41, 5.74) is 0.769. The van der Waals surface area contributed by atoms with Gasteiger partial charge in [-0.1, -0.05) is 15.9 Å². The van der Waals surface area contributed by atoms with Crippen LogP contribution in [0.15, 0.2) is 46.9 Å². The summed E-state index contributed by atoms with van der Waals surface area (Å²) in [5, 5.41) is 0. The maximum absolute atomic E-state index is 13.1. The van der Waals surface area contributed by atoms with E-state index in [9.17, 15) is 4.39 Å². The molecule has 18 heavy (non-hydrogen) atoms. The Morgan fingerprint density at radius 1 is 1.06 bits per heavy atom. The van der Waals surface area contributed by atoms with Gasteiger partial charge in [0.05, 0.1) is 7.11 Å². The third-order valence-corrected chi connectivity index (χ3v) is 3.24. The monoisotopic (exact) mass is 310 g/mol. The van der Waals surface area contributed by atoms with Crippen LogP contribution in [0.25, 0.3) is 0 Å². The zero-order valence-electron chi connectivity index (χ0n) is 9.82. The van der Waals surface area contributed by atoms with Gasteiger partial charge in [0.25, 0.3) is 0 Å². The Bertz CT molecular complexity index is 526. The van der Waals surface area contributed by atoms with Crippen LogP contribution in [0, 0.1) is 5.82 Å². The van der Waals surface area contributed by atoms with Crippen molar-refractivity contribution in [3.05, 3.63) is 58.3 Å². The van der Waals surface area contributed by atoms with E-state index in [1.165, 1.54) is 12.1 Å². The molecule has 4 heteroatoms. The second-order valence-electron chi connectivity index (χ2n) is 3.70. The molecule has 0 unspecified atom stereocenters. The summed E-state index contributed by atoms with van der Waals surface area (Å²) < 4.78 is 24.5. The SMILES string of the molecule is COc1ccc(OCc2cc(F)ccc2Br)cc1. The van der Waals surface area contributed by atoms with Gasteiger partial charge in [0.15, 0.2) is 0 Å². The molecular weight excluding hydrogens is 299 g/mol. The van der Waals surface area contributed by atoms with E-state index in [2.05, 4.69) is 15.9 Å². The summed E-state index contributed by atoms with van der Waals surface area (Å²) in [4.78, 5) is 0. The summed E-state index contributed by atoms with van der Waals surface area (Å²) in [6, 6.07) is 11.8. The zero-order valence-corrected chi connectivity index (χ0v) is 11.4. The van der Waals surface area contributed by atoms with Crippen molar-refractivity contribution in [2.75, 3.05) is 7.11 Å². The van der Waals surface area contributed by atoms with E-state index in [0.29, 0.717) is 12.4 Å². The molecule has 0 radical (unpaired) electrons. The van der Waals surface area contributed by atoms with Crippen LogP contribution >= 0.6 is 15.9 Å². The Kier molecular flexibility index (Phi) is 4.20. The molecule has 0 aliphatic rings. The van der Waals surface area contributed by atoms with Crippen LogP contribution in [0.5, 0.6) is 11.5 Å². The molecule has 94 valence electrons. The first kappa shape index (κ1) is 12.9. The Balaban J connectivity index is 2.04. The number of methoxy groups -OCH3 is 1. The van der Waals surface area contributed by atoms with Crippen molar-refractivity contribution in [1.82, 2.24) is 0 Å². The zero-order chi connectivity index (χ0) is 13.0. The second kappa shape index (κ2) is 5.87. The van der Waals surface area contributed by atoms with Crippen molar-refractivity contribution in [3.8, 4) is 11.5 Å². The maximum atomic E-state index is 13.1. The van der Waals surface area contributed by atoms with E-state index in [4.69, 9.17) is 9.47 Å². The Labute approximate surface area is 113 Å². The highest BCUT2D eigenvalue weighted by Crippen LogP contribution is 2.22. The fourth-order valence-electron chi connectivity index (χ4n) is 1.49. The average molecular weight is 311 g/mol. The molecule has 2 aromatic rings. The fourth-order valence-corrected chi connectivity index (χ4v) is 1.85. The third kappa shape index (κ3) is 3.23. The molecule has 2 nitrogen and oxygen atoms in total. The standard InChI is InChI=1S/C14H12BrFO2/c1-17-12-3-5-13(6-4-12)18-9-10-8-11(16)2-7-14(10)15/h2-8H,9H2,1H3. The van der Waals surface area contributed by atoms with Gasteiger partial charge in [0.1, 0.15) is 23.9 Å². The van der Waals surface area contributed by atoms with Crippen LogP contribution in [0.2, 0.25) is 0 Å². The minimum absolute atomic E-state index is 0.272. The van der Waals surface area contributed by atoms with Gasteiger partial charge in [-0.05, 0) is 42.5 Å². The quantitative estimate of drug-likeness (QED) is 0.843. The highest BCUT2D eigenvalue weighted by molar-refractivity contribution is 9.10. The third-order valence-electron chi connectivity index (χ3n) is 2.46. The molecule has 0 aromatic heterocycles. The van der Waals surface area contributed by atoms with Crippen LogP contribution in [0.1, 0.15) is 5.56 Å². The molecule has 0 bridgehead atoms. The first-order chi connectivity index (χ1) is 8.69. The summed E-state index contributed by atoms with van der Waals surface area (Å²) in [6.45, 7) is 0.310. The van der Waals surface area contributed by atoms with Gasteiger partial charge >= 0.3 is 0 Å². The predicted molar refractivity (Wildman–Crippen MR) is 71.4 cm³/mol. The molecule has 0 N–H and O–H groups in total. The lowest BCUT2D eigenvalue weighted by molar-refractivity contribution is 0.304. The molecule has 0 aliphatic carbocycles. The number of hydrogen-bond acceptors (Lipinski definition) is 2. The average Bonchev–Trinajstić information content (AvgIpc) is 2.40. The van der Waals surface area contributed by atoms with E-state index >= 15 is 0 Å². The molecule has 0 saturated carbocycles. The number of rotatable bonds is 4. The lowest BCUT2D eigenvalue weighted by Crippen LogP contribution is -1.97. The van der Waals surface area contributed by atoms with E-state index in [0.717, 1.165) is 15.8 Å². The first-order valence-corrected chi connectivity index (χ1v) is 6.19. The minimum Gasteiger partial charge on any atom is -0.497 e. The minimum atomic E-state index is -0.272. The predicted octanol–water partition coefficient (Wildman–Crippen LogP) is 4.18. The molecule has 0 saturated heterocycles. The summed E-state index contributed by atoms with van der Waals surface area (Å²) in [6.07, 6.45) is 0.